The molecule has 0 unspecified atom stereocenters. The third-order valence-electron chi connectivity index (χ3n) is 2.78. The van der Waals surface area contributed by atoms with E-state index in [2.05, 4.69) is 45.3 Å². The highest BCUT2D eigenvalue weighted by atomic mass is 16.5. The molecule has 2 N–H and O–H groups in total. The molecule has 0 amide bonds. The van der Waals surface area contributed by atoms with Gasteiger partial charge in [0.05, 0.1) is 17.8 Å². The lowest BCUT2D eigenvalue weighted by atomic mass is 10.1. The van der Waals surface area contributed by atoms with Crippen LogP contribution in [0.15, 0.2) is 0 Å². The van der Waals surface area contributed by atoms with Crippen LogP contribution in [0.2, 0.25) is 0 Å². The fraction of sp³-hybridized carbons (Fsp3) is 1.00. The zero-order valence-electron chi connectivity index (χ0n) is 13.8. The fourth-order valence-corrected chi connectivity index (χ4v) is 1.61. The number of rotatable bonds is 11. The van der Waals surface area contributed by atoms with Gasteiger partial charge in [-0.15, -0.1) is 0 Å². The summed E-state index contributed by atoms with van der Waals surface area (Å²) in [6.07, 6.45) is 2.08. The highest BCUT2D eigenvalue weighted by molar-refractivity contribution is 4.70. The number of nitrogens with one attached hydrogen (secondary N) is 2. The van der Waals surface area contributed by atoms with Gasteiger partial charge in [0.25, 0.3) is 0 Å². The van der Waals surface area contributed by atoms with Crippen LogP contribution >= 0.6 is 0 Å². The Morgan fingerprint density at radius 2 is 1.53 bits per heavy atom. The maximum absolute atomic E-state index is 5.88. The molecule has 0 aromatic rings. The molecule has 0 fully saturated rings. The van der Waals surface area contributed by atoms with E-state index < -0.39 is 0 Å². The minimum atomic E-state index is -0.0500. The summed E-state index contributed by atoms with van der Waals surface area (Å²) in [6.45, 7) is 15.0. The fourth-order valence-electron chi connectivity index (χ4n) is 1.61. The van der Waals surface area contributed by atoms with Gasteiger partial charge in [0.15, 0.2) is 0 Å². The van der Waals surface area contributed by atoms with Crippen LogP contribution in [0.25, 0.3) is 0 Å². The highest BCUT2D eigenvalue weighted by Crippen LogP contribution is 2.13. The molecule has 0 aliphatic heterocycles. The van der Waals surface area contributed by atoms with Crippen molar-refractivity contribution in [2.45, 2.75) is 58.7 Å². The lowest BCUT2D eigenvalue weighted by Crippen LogP contribution is -2.33. The third kappa shape index (κ3) is 14.1. The summed E-state index contributed by atoms with van der Waals surface area (Å²) in [5.74, 6) is 0. The van der Waals surface area contributed by atoms with E-state index in [-0.39, 0.29) is 11.2 Å². The van der Waals surface area contributed by atoms with Gasteiger partial charge < -0.3 is 20.1 Å². The molecular formula is C15H34N2O2. The van der Waals surface area contributed by atoms with Crippen LogP contribution in [0.3, 0.4) is 0 Å². The van der Waals surface area contributed by atoms with Gasteiger partial charge in [-0.3, -0.25) is 0 Å². The second-order valence-corrected chi connectivity index (χ2v) is 6.53. The van der Waals surface area contributed by atoms with Crippen molar-refractivity contribution in [2.75, 3.05) is 39.9 Å². The van der Waals surface area contributed by atoms with Crippen LogP contribution in [0, 0.1) is 0 Å². The van der Waals surface area contributed by atoms with Gasteiger partial charge in [0.1, 0.15) is 0 Å². The van der Waals surface area contributed by atoms with E-state index in [0.717, 1.165) is 45.7 Å². The first-order chi connectivity index (χ1) is 8.77. The first kappa shape index (κ1) is 18.8. The molecule has 19 heavy (non-hydrogen) atoms. The molecule has 0 saturated carbocycles. The van der Waals surface area contributed by atoms with Crippen molar-refractivity contribution in [2.24, 2.45) is 0 Å². The van der Waals surface area contributed by atoms with E-state index in [1.54, 1.807) is 0 Å². The largest absolute Gasteiger partial charge is 0.375 e. The molecule has 0 aliphatic carbocycles. The molecule has 0 aliphatic rings. The molecule has 0 atom stereocenters. The average molecular weight is 274 g/mol. The normalized spacial score (nSPS) is 12.9. The van der Waals surface area contributed by atoms with Crippen molar-refractivity contribution in [3.05, 3.63) is 0 Å². The topological polar surface area (TPSA) is 42.5 Å². The van der Waals surface area contributed by atoms with Crippen molar-refractivity contribution in [1.29, 1.82) is 0 Å². The molecule has 0 aromatic heterocycles. The summed E-state index contributed by atoms with van der Waals surface area (Å²) < 4.78 is 11.5. The first-order valence-electron chi connectivity index (χ1n) is 7.40. The van der Waals surface area contributed by atoms with Crippen LogP contribution < -0.4 is 10.6 Å². The van der Waals surface area contributed by atoms with Crippen molar-refractivity contribution in [1.82, 2.24) is 10.6 Å². The molecule has 0 rings (SSSR count). The van der Waals surface area contributed by atoms with E-state index >= 15 is 0 Å². The lowest BCUT2D eigenvalue weighted by molar-refractivity contribution is -0.0253. The maximum Gasteiger partial charge on any atom is 0.0638 e. The standard InChI is InChI=1S/C15H34N2O2/c1-14(2,3)18-13-11-17-10-8-15(4,5)19-12-7-9-16-6/h16-17H,7-13H2,1-6H3. The minimum absolute atomic E-state index is 0.0443. The van der Waals surface area contributed by atoms with Gasteiger partial charge in [-0.1, -0.05) is 0 Å². The lowest BCUT2D eigenvalue weighted by Gasteiger charge is -2.26. The monoisotopic (exact) mass is 274 g/mol. The van der Waals surface area contributed by atoms with Crippen LogP contribution in [0.5, 0.6) is 0 Å². The van der Waals surface area contributed by atoms with Gasteiger partial charge in [0.2, 0.25) is 0 Å². The zero-order valence-corrected chi connectivity index (χ0v) is 13.8. The second-order valence-electron chi connectivity index (χ2n) is 6.53. The Morgan fingerprint density at radius 3 is 2.11 bits per heavy atom. The molecule has 0 bridgehead atoms. The Balaban J connectivity index is 3.47. The van der Waals surface area contributed by atoms with Gasteiger partial charge >= 0.3 is 0 Å². The first-order valence-corrected chi connectivity index (χ1v) is 7.40. The van der Waals surface area contributed by atoms with Crippen LogP contribution in [-0.4, -0.2) is 51.1 Å². The van der Waals surface area contributed by atoms with Crippen molar-refractivity contribution in [3.8, 4) is 0 Å². The Kier molecular flexibility index (Phi) is 9.62. The molecule has 0 aromatic carbocycles. The van der Waals surface area contributed by atoms with Crippen molar-refractivity contribution < 1.29 is 9.47 Å². The van der Waals surface area contributed by atoms with E-state index in [4.69, 9.17) is 9.47 Å². The summed E-state index contributed by atoms with van der Waals surface area (Å²) in [6, 6.07) is 0. The Bertz CT molecular complexity index is 213. The van der Waals surface area contributed by atoms with E-state index in [0.29, 0.717) is 0 Å². The van der Waals surface area contributed by atoms with Gasteiger partial charge in [0, 0.05) is 13.2 Å². The van der Waals surface area contributed by atoms with E-state index in [9.17, 15) is 0 Å². The summed E-state index contributed by atoms with van der Waals surface area (Å²) in [7, 11) is 1.97. The molecule has 0 saturated heterocycles. The molecule has 116 valence electrons. The van der Waals surface area contributed by atoms with E-state index in [1.807, 2.05) is 7.05 Å². The van der Waals surface area contributed by atoms with Crippen molar-refractivity contribution >= 4 is 0 Å². The molecular weight excluding hydrogens is 240 g/mol. The van der Waals surface area contributed by atoms with Crippen molar-refractivity contribution in [3.63, 3.8) is 0 Å². The Labute approximate surface area is 119 Å². The van der Waals surface area contributed by atoms with Gasteiger partial charge in [-0.05, 0) is 67.6 Å². The predicted molar refractivity (Wildman–Crippen MR) is 81.8 cm³/mol. The van der Waals surface area contributed by atoms with Gasteiger partial charge in [-0.2, -0.15) is 0 Å². The molecule has 4 nitrogen and oxygen atoms in total. The SMILES string of the molecule is CNCCCOC(C)(C)CCNCCOC(C)(C)C. The van der Waals surface area contributed by atoms with Gasteiger partial charge in [-0.25, -0.2) is 0 Å². The average Bonchev–Trinajstić information content (AvgIpc) is 2.28. The summed E-state index contributed by atoms with van der Waals surface area (Å²) in [5, 5.41) is 6.52. The molecule has 0 spiro atoms. The number of ether oxygens (including phenoxy) is 2. The van der Waals surface area contributed by atoms with Crippen LogP contribution in [-0.2, 0) is 9.47 Å². The number of hydrogen-bond acceptors (Lipinski definition) is 4. The van der Waals surface area contributed by atoms with Crippen LogP contribution in [0.4, 0.5) is 0 Å². The molecule has 0 heterocycles. The molecule has 0 radical (unpaired) electrons. The summed E-state index contributed by atoms with van der Waals surface area (Å²) in [5.41, 5.74) is -0.0942. The minimum Gasteiger partial charge on any atom is -0.375 e. The molecule has 4 heteroatoms. The second kappa shape index (κ2) is 9.70. The Morgan fingerprint density at radius 1 is 0.842 bits per heavy atom. The third-order valence-corrected chi connectivity index (χ3v) is 2.78. The van der Waals surface area contributed by atoms with E-state index in [1.165, 1.54) is 0 Å². The predicted octanol–water partition coefficient (Wildman–Crippen LogP) is 2.19. The Hall–Kier alpha value is -0.160. The summed E-state index contributed by atoms with van der Waals surface area (Å²) in [4.78, 5) is 0. The summed E-state index contributed by atoms with van der Waals surface area (Å²) >= 11 is 0. The quantitative estimate of drug-likeness (QED) is 0.567. The zero-order chi connectivity index (χ0) is 14.8. The highest BCUT2D eigenvalue weighted by Gasteiger charge is 2.17. The maximum atomic E-state index is 5.88. The smallest absolute Gasteiger partial charge is 0.0638 e. The van der Waals surface area contributed by atoms with Crippen LogP contribution in [0.1, 0.15) is 47.5 Å². The number of hydrogen-bond donors (Lipinski definition) is 2.